The lowest BCUT2D eigenvalue weighted by Crippen LogP contribution is -2.30. The Hall–Kier alpha value is -4.97. The van der Waals surface area contributed by atoms with Gasteiger partial charge in [-0.15, -0.1) is 0 Å². The molecule has 0 saturated carbocycles. The molecule has 468 valence electrons. The van der Waals surface area contributed by atoms with E-state index in [1.54, 1.807) is 0 Å². The predicted molar refractivity (Wildman–Crippen MR) is 362 cm³/mol. The smallest absolute Gasteiger partial charge is 0.306 e. The van der Waals surface area contributed by atoms with Crippen LogP contribution in [-0.4, -0.2) is 37.2 Å². The van der Waals surface area contributed by atoms with Crippen molar-refractivity contribution in [1.29, 1.82) is 0 Å². The van der Waals surface area contributed by atoms with Gasteiger partial charge in [0.25, 0.3) is 0 Å². The predicted octanol–water partition coefficient (Wildman–Crippen LogP) is 23.7. The fraction of sp³-hybridized carbons (Fsp3) is 0.623. The average Bonchev–Trinajstić information content (AvgIpc) is 3.49. The summed E-state index contributed by atoms with van der Waals surface area (Å²) in [7, 11) is 0. The summed E-state index contributed by atoms with van der Waals surface area (Å²) < 4.78 is 16.9. The molecule has 0 aromatic heterocycles. The molecule has 1 unspecified atom stereocenters. The highest BCUT2D eigenvalue weighted by Crippen LogP contribution is 2.15. The Morgan fingerprint density at radius 1 is 0.253 bits per heavy atom. The standard InChI is InChI=1S/C77H124O6/c1-4-7-10-13-16-19-21-23-25-27-29-31-33-35-37-38-40-41-43-45-47-49-51-53-55-58-61-64-67-70-76(79)82-73-74(72-81-75(78)69-66-63-60-57-18-15-12-9-6-3)83-77(80)71-68-65-62-59-56-54-52-50-48-46-44-42-39-36-34-32-30-28-26-24-22-20-17-14-11-8-5-2/h7-8,10-11,16-17,19-20,23-26,29-32,35-37,39-41,45,47,51,53,74H,4-6,9,12-15,18,21-22,27-28,33-34,38,42-44,46,48-50,52,54-73H2,1-3H3/b10-7-,11-8-,19-16-,20-17-,25-23-,26-24-,31-29-,32-30-,37-35-,39-36-,41-40-,47-45-,53-51-. The highest BCUT2D eigenvalue weighted by atomic mass is 16.6. The van der Waals surface area contributed by atoms with E-state index in [0.29, 0.717) is 19.3 Å². The Morgan fingerprint density at radius 3 is 0.735 bits per heavy atom. The van der Waals surface area contributed by atoms with Crippen molar-refractivity contribution < 1.29 is 28.6 Å². The van der Waals surface area contributed by atoms with Gasteiger partial charge in [0.05, 0.1) is 0 Å². The van der Waals surface area contributed by atoms with Crippen molar-refractivity contribution in [2.75, 3.05) is 13.2 Å². The van der Waals surface area contributed by atoms with Crippen LogP contribution in [0.15, 0.2) is 158 Å². The van der Waals surface area contributed by atoms with Crippen molar-refractivity contribution in [3.8, 4) is 0 Å². The van der Waals surface area contributed by atoms with Crippen LogP contribution in [0, 0.1) is 0 Å². The first-order valence-electron chi connectivity index (χ1n) is 34.0. The number of carbonyl (C=O) groups is 3. The SMILES string of the molecule is CC/C=C\C/C=C\C/C=C\C/C=C\C/C=C\C/C=C\C/C=C\C/C=C\CCCCCCC(=O)OCC(COC(=O)CCCCCCCCCCC)OC(=O)CCCCCCCCCCCCC/C=C\C/C=C\C/C=C\C/C=C\C/C=C\CC. The van der Waals surface area contributed by atoms with E-state index < -0.39 is 6.10 Å². The van der Waals surface area contributed by atoms with E-state index in [1.165, 1.54) is 96.3 Å². The maximum absolute atomic E-state index is 12.9. The van der Waals surface area contributed by atoms with Gasteiger partial charge in [0, 0.05) is 19.3 Å². The molecule has 0 aliphatic heterocycles. The Bertz CT molecular complexity index is 1840. The van der Waals surface area contributed by atoms with Gasteiger partial charge < -0.3 is 14.2 Å². The summed E-state index contributed by atoms with van der Waals surface area (Å²) in [6.07, 6.45) is 101. The highest BCUT2D eigenvalue weighted by Gasteiger charge is 2.19. The number of ether oxygens (including phenoxy) is 3. The Morgan fingerprint density at radius 2 is 0.470 bits per heavy atom. The topological polar surface area (TPSA) is 78.9 Å². The number of hydrogen-bond acceptors (Lipinski definition) is 6. The van der Waals surface area contributed by atoms with E-state index in [1.807, 2.05) is 0 Å². The first kappa shape index (κ1) is 78.0. The van der Waals surface area contributed by atoms with Gasteiger partial charge in [0.2, 0.25) is 0 Å². The van der Waals surface area contributed by atoms with Crippen molar-refractivity contribution in [1.82, 2.24) is 0 Å². The van der Waals surface area contributed by atoms with Gasteiger partial charge in [-0.2, -0.15) is 0 Å². The fourth-order valence-electron chi connectivity index (χ4n) is 9.01. The number of esters is 3. The Kier molecular flexibility index (Phi) is 65.4. The van der Waals surface area contributed by atoms with Crippen LogP contribution in [0.1, 0.15) is 290 Å². The summed E-state index contributed by atoms with van der Waals surface area (Å²) in [6.45, 7) is 6.37. The van der Waals surface area contributed by atoms with Crippen LogP contribution in [0.5, 0.6) is 0 Å². The molecule has 6 nitrogen and oxygen atoms in total. The van der Waals surface area contributed by atoms with Gasteiger partial charge >= 0.3 is 17.9 Å². The molecular weight excluding hydrogens is 1020 g/mol. The van der Waals surface area contributed by atoms with E-state index in [4.69, 9.17) is 14.2 Å². The van der Waals surface area contributed by atoms with E-state index in [2.05, 4.69) is 179 Å². The van der Waals surface area contributed by atoms with E-state index in [0.717, 1.165) is 154 Å². The average molecular weight is 1150 g/mol. The minimum absolute atomic E-state index is 0.0909. The minimum Gasteiger partial charge on any atom is -0.462 e. The summed E-state index contributed by atoms with van der Waals surface area (Å²) >= 11 is 0. The third kappa shape index (κ3) is 67.7. The fourth-order valence-corrected chi connectivity index (χ4v) is 9.01. The zero-order valence-electron chi connectivity index (χ0n) is 53.7. The molecule has 0 amide bonds. The van der Waals surface area contributed by atoms with Crippen LogP contribution in [0.2, 0.25) is 0 Å². The Balaban J connectivity index is 4.29. The van der Waals surface area contributed by atoms with E-state index >= 15 is 0 Å². The summed E-state index contributed by atoms with van der Waals surface area (Å²) in [5.74, 6) is -0.922. The molecule has 0 aromatic carbocycles. The molecule has 83 heavy (non-hydrogen) atoms. The second-order valence-electron chi connectivity index (χ2n) is 22.0. The summed E-state index contributed by atoms with van der Waals surface area (Å²) in [6, 6.07) is 0. The summed E-state index contributed by atoms with van der Waals surface area (Å²) in [5, 5.41) is 0. The Labute approximate surface area is 511 Å². The van der Waals surface area contributed by atoms with Gasteiger partial charge in [0.15, 0.2) is 6.10 Å². The molecule has 0 aliphatic carbocycles. The quantitative estimate of drug-likeness (QED) is 0.0261. The molecule has 0 radical (unpaired) electrons. The molecule has 0 aromatic rings. The van der Waals surface area contributed by atoms with Crippen molar-refractivity contribution in [3.63, 3.8) is 0 Å². The molecule has 0 aliphatic rings. The summed E-state index contributed by atoms with van der Waals surface area (Å²) in [4.78, 5) is 38.3. The van der Waals surface area contributed by atoms with Crippen LogP contribution in [0.25, 0.3) is 0 Å². The molecule has 1 atom stereocenters. The molecule has 0 N–H and O–H groups in total. The van der Waals surface area contributed by atoms with Crippen molar-refractivity contribution >= 4 is 17.9 Å². The zero-order valence-corrected chi connectivity index (χ0v) is 53.7. The summed E-state index contributed by atoms with van der Waals surface area (Å²) in [5.41, 5.74) is 0. The second kappa shape index (κ2) is 69.5. The normalized spacial score (nSPS) is 13.1. The molecule has 0 fully saturated rings. The molecule has 0 heterocycles. The van der Waals surface area contributed by atoms with E-state index in [-0.39, 0.29) is 31.1 Å². The lowest BCUT2D eigenvalue weighted by molar-refractivity contribution is -0.167. The van der Waals surface area contributed by atoms with Crippen LogP contribution >= 0.6 is 0 Å². The maximum atomic E-state index is 12.9. The van der Waals surface area contributed by atoms with Gasteiger partial charge in [-0.1, -0.05) is 301 Å². The number of unbranched alkanes of at least 4 members (excludes halogenated alkanes) is 23. The first-order valence-corrected chi connectivity index (χ1v) is 34.0. The van der Waals surface area contributed by atoms with Gasteiger partial charge in [-0.3, -0.25) is 14.4 Å². The number of hydrogen-bond donors (Lipinski definition) is 0. The second-order valence-corrected chi connectivity index (χ2v) is 22.0. The molecule has 0 spiro atoms. The monoisotopic (exact) mass is 1140 g/mol. The van der Waals surface area contributed by atoms with Gasteiger partial charge in [0.1, 0.15) is 13.2 Å². The largest absolute Gasteiger partial charge is 0.462 e. The first-order chi connectivity index (χ1) is 41.0. The molecule has 0 bridgehead atoms. The number of rotatable bonds is 60. The lowest BCUT2D eigenvalue weighted by Gasteiger charge is -2.18. The van der Waals surface area contributed by atoms with Crippen LogP contribution in [0.4, 0.5) is 0 Å². The lowest BCUT2D eigenvalue weighted by atomic mass is 10.0. The number of allylic oxidation sites excluding steroid dienone is 26. The molecule has 0 rings (SSSR count). The van der Waals surface area contributed by atoms with Crippen molar-refractivity contribution in [2.45, 2.75) is 297 Å². The minimum atomic E-state index is -0.796. The van der Waals surface area contributed by atoms with Crippen LogP contribution in [0.3, 0.4) is 0 Å². The third-order valence-electron chi connectivity index (χ3n) is 14.0. The van der Waals surface area contributed by atoms with Crippen molar-refractivity contribution in [3.05, 3.63) is 158 Å². The highest BCUT2D eigenvalue weighted by molar-refractivity contribution is 5.71. The van der Waals surface area contributed by atoms with Crippen LogP contribution in [-0.2, 0) is 28.6 Å². The molecule has 0 saturated heterocycles. The molecule has 6 heteroatoms. The van der Waals surface area contributed by atoms with Gasteiger partial charge in [-0.25, -0.2) is 0 Å². The maximum Gasteiger partial charge on any atom is 0.306 e. The van der Waals surface area contributed by atoms with Crippen molar-refractivity contribution in [2.24, 2.45) is 0 Å². The van der Waals surface area contributed by atoms with E-state index in [9.17, 15) is 14.4 Å². The third-order valence-corrected chi connectivity index (χ3v) is 14.0. The van der Waals surface area contributed by atoms with Gasteiger partial charge in [-0.05, 0) is 128 Å². The molecular formula is C77H124O6. The zero-order chi connectivity index (χ0) is 59.9. The van der Waals surface area contributed by atoms with Crippen LogP contribution < -0.4 is 0 Å². The number of carbonyl (C=O) groups excluding carboxylic acids is 3.